The van der Waals surface area contributed by atoms with Gasteiger partial charge in [-0.25, -0.2) is 5.10 Å². The number of H-pyrrole nitrogens is 1. The predicted octanol–water partition coefficient (Wildman–Crippen LogP) is 3.23. The van der Waals surface area contributed by atoms with E-state index in [4.69, 9.17) is 0 Å². The molecule has 2 N–H and O–H groups in total. The van der Waals surface area contributed by atoms with Gasteiger partial charge in [-0.3, -0.25) is 9.59 Å². The summed E-state index contributed by atoms with van der Waals surface area (Å²) in [7, 11) is 0. The van der Waals surface area contributed by atoms with Crippen molar-refractivity contribution in [3.8, 4) is 6.07 Å². The maximum atomic E-state index is 12.7. The molecule has 7 heteroatoms. The van der Waals surface area contributed by atoms with Gasteiger partial charge in [-0.05, 0) is 50.7 Å². The first-order chi connectivity index (χ1) is 12.0. The van der Waals surface area contributed by atoms with Crippen LogP contribution in [-0.2, 0) is 12.8 Å². The molecule has 130 valence electrons. The fourth-order valence-electron chi connectivity index (χ4n) is 3.19. The van der Waals surface area contributed by atoms with Crippen LogP contribution in [0.5, 0.6) is 0 Å². The molecule has 2 aromatic rings. The lowest BCUT2D eigenvalue weighted by atomic mass is 9.97. The van der Waals surface area contributed by atoms with Crippen LogP contribution in [0.3, 0.4) is 0 Å². The fourth-order valence-corrected chi connectivity index (χ4v) is 4.43. The topological polar surface area (TPSA) is 98.6 Å². The van der Waals surface area contributed by atoms with Crippen molar-refractivity contribution in [2.24, 2.45) is 0 Å². The number of thiophene rings is 1. The SMILES string of the molecule is Cc1n[nH]c(=O)c(C(=O)Nc2sc3c(c2C#N)CCCCCC3)c1C. The van der Waals surface area contributed by atoms with Gasteiger partial charge in [-0.2, -0.15) is 10.4 Å². The Kier molecular flexibility index (Phi) is 5.00. The van der Waals surface area contributed by atoms with E-state index < -0.39 is 11.5 Å². The number of rotatable bonds is 2. The van der Waals surface area contributed by atoms with Crippen molar-refractivity contribution in [2.45, 2.75) is 52.4 Å². The third-order valence-electron chi connectivity index (χ3n) is 4.71. The van der Waals surface area contributed by atoms with Gasteiger partial charge in [-0.15, -0.1) is 11.3 Å². The number of nitrogens with zero attached hydrogens (tertiary/aromatic N) is 2. The van der Waals surface area contributed by atoms with Gasteiger partial charge >= 0.3 is 0 Å². The standard InChI is InChI=1S/C18H20N4O2S/c1-10-11(2)21-22-17(24)15(10)16(23)20-18-13(9-19)12-7-5-3-4-6-8-14(12)25-18/h3-8H2,1-2H3,(H,20,23)(H,22,24). The Hall–Kier alpha value is -2.46. The van der Waals surface area contributed by atoms with Gasteiger partial charge < -0.3 is 5.32 Å². The fraction of sp³-hybridized carbons (Fsp3) is 0.444. The van der Waals surface area contributed by atoms with Gasteiger partial charge in [0.25, 0.3) is 11.5 Å². The molecule has 0 radical (unpaired) electrons. The molecule has 0 aliphatic heterocycles. The molecule has 1 aliphatic rings. The van der Waals surface area contributed by atoms with Crippen molar-refractivity contribution in [3.63, 3.8) is 0 Å². The van der Waals surface area contributed by atoms with Crippen molar-refractivity contribution in [2.75, 3.05) is 5.32 Å². The van der Waals surface area contributed by atoms with E-state index in [0.29, 0.717) is 21.8 Å². The molecule has 2 aromatic heterocycles. The van der Waals surface area contributed by atoms with Crippen molar-refractivity contribution >= 4 is 22.2 Å². The molecule has 0 saturated carbocycles. The smallest absolute Gasteiger partial charge is 0.277 e. The molecule has 0 saturated heterocycles. The molecule has 3 rings (SSSR count). The van der Waals surface area contributed by atoms with E-state index in [2.05, 4.69) is 21.6 Å². The molecule has 0 fully saturated rings. The van der Waals surface area contributed by atoms with Gasteiger partial charge in [-0.1, -0.05) is 12.8 Å². The van der Waals surface area contributed by atoms with Crippen LogP contribution in [0.1, 0.15) is 63.3 Å². The van der Waals surface area contributed by atoms with Crippen LogP contribution >= 0.6 is 11.3 Å². The number of hydrogen-bond acceptors (Lipinski definition) is 5. The number of aromatic amines is 1. The molecule has 6 nitrogen and oxygen atoms in total. The largest absolute Gasteiger partial charge is 0.312 e. The average Bonchev–Trinajstić information content (AvgIpc) is 2.87. The van der Waals surface area contributed by atoms with E-state index in [-0.39, 0.29) is 5.56 Å². The second-order valence-corrected chi connectivity index (χ2v) is 7.43. The van der Waals surface area contributed by atoms with Crippen molar-refractivity contribution < 1.29 is 4.79 Å². The van der Waals surface area contributed by atoms with Crippen molar-refractivity contribution in [1.82, 2.24) is 10.2 Å². The Morgan fingerprint density at radius 3 is 2.68 bits per heavy atom. The Morgan fingerprint density at radius 1 is 1.24 bits per heavy atom. The number of anilines is 1. The summed E-state index contributed by atoms with van der Waals surface area (Å²) in [5, 5.41) is 19.1. The minimum atomic E-state index is -0.519. The van der Waals surface area contributed by atoms with E-state index in [9.17, 15) is 14.9 Å². The summed E-state index contributed by atoms with van der Waals surface area (Å²) in [4.78, 5) is 25.9. The molecule has 0 atom stereocenters. The quantitative estimate of drug-likeness (QED) is 0.863. The molecule has 2 heterocycles. The highest BCUT2D eigenvalue weighted by molar-refractivity contribution is 7.16. The number of aromatic nitrogens is 2. The van der Waals surface area contributed by atoms with Gasteiger partial charge in [0.05, 0.1) is 11.3 Å². The summed E-state index contributed by atoms with van der Waals surface area (Å²) in [6.45, 7) is 3.44. The van der Waals surface area contributed by atoms with Crippen LogP contribution in [0.15, 0.2) is 4.79 Å². The van der Waals surface area contributed by atoms with Gasteiger partial charge in [0.1, 0.15) is 16.6 Å². The maximum absolute atomic E-state index is 12.7. The lowest BCUT2D eigenvalue weighted by Crippen LogP contribution is -2.26. The summed E-state index contributed by atoms with van der Waals surface area (Å²) in [5.74, 6) is -0.491. The number of nitrogens with one attached hydrogen (secondary N) is 2. The average molecular weight is 356 g/mol. The molecule has 25 heavy (non-hydrogen) atoms. The van der Waals surface area contributed by atoms with E-state index in [1.54, 1.807) is 13.8 Å². The normalized spacial score (nSPS) is 14.1. The monoisotopic (exact) mass is 356 g/mol. The van der Waals surface area contributed by atoms with Gasteiger partial charge in [0.2, 0.25) is 0 Å². The van der Waals surface area contributed by atoms with Crippen LogP contribution < -0.4 is 10.9 Å². The first-order valence-electron chi connectivity index (χ1n) is 8.44. The van der Waals surface area contributed by atoms with Crippen molar-refractivity contribution in [3.05, 3.63) is 43.2 Å². The summed E-state index contributed by atoms with van der Waals surface area (Å²) < 4.78 is 0. The number of aryl methyl sites for hydroxylation is 2. The molecule has 0 unspecified atom stereocenters. The highest BCUT2D eigenvalue weighted by Crippen LogP contribution is 2.36. The molecule has 0 bridgehead atoms. The zero-order chi connectivity index (χ0) is 18.0. The first kappa shape index (κ1) is 17.4. The molecule has 1 amide bonds. The van der Waals surface area contributed by atoms with Crippen LogP contribution in [0.2, 0.25) is 0 Å². The van der Waals surface area contributed by atoms with E-state index in [1.807, 2.05) is 0 Å². The number of amides is 1. The summed E-state index contributed by atoms with van der Waals surface area (Å²) in [6.07, 6.45) is 6.36. The zero-order valence-corrected chi connectivity index (χ0v) is 15.2. The Labute approximate surface area is 149 Å². The highest BCUT2D eigenvalue weighted by atomic mass is 32.1. The summed E-state index contributed by atoms with van der Waals surface area (Å²) in [5.41, 5.74) is 2.30. The zero-order valence-electron chi connectivity index (χ0n) is 14.4. The second kappa shape index (κ2) is 7.19. The third-order valence-corrected chi connectivity index (χ3v) is 5.91. The molecular weight excluding hydrogens is 336 g/mol. The minimum absolute atomic E-state index is 0.0530. The predicted molar refractivity (Wildman–Crippen MR) is 97.2 cm³/mol. The number of carbonyl (C=O) groups excluding carboxylic acids is 1. The second-order valence-electron chi connectivity index (χ2n) is 6.33. The Morgan fingerprint density at radius 2 is 1.96 bits per heavy atom. The van der Waals surface area contributed by atoms with E-state index in [0.717, 1.165) is 31.2 Å². The van der Waals surface area contributed by atoms with E-state index >= 15 is 0 Å². The Bertz CT molecular complexity index is 920. The Balaban J connectivity index is 1.97. The molecular formula is C18H20N4O2S. The number of nitriles is 1. The summed E-state index contributed by atoms with van der Waals surface area (Å²) >= 11 is 1.47. The van der Waals surface area contributed by atoms with Crippen LogP contribution in [0.25, 0.3) is 0 Å². The van der Waals surface area contributed by atoms with Gasteiger partial charge in [0, 0.05) is 4.88 Å². The van der Waals surface area contributed by atoms with Gasteiger partial charge in [0.15, 0.2) is 0 Å². The lowest BCUT2D eigenvalue weighted by Gasteiger charge is -2.09. The number of hydrogen-bond donors (Lipinski definition) is 2. The van der Waals surface area contributed by atoms with Crippen LogP contribution in [0, 0.1) is 25.2 Å². The highest BCUT2D eigenvalue weighted by Gasteiger charge is 2.23. The third kappa shape index (κ3) is 3.35. The summed E-state index contributed by atoms with van der Waals surface area (Å²) in [6, 6.07) is 2.25. The van der Waals surface area contributed by atoms with Crippen LogP contribution in [0.4, 0.5) is 5.00 Å². The molecule has 1 aliphatic carbocycles. The van der Waals surface area contributed by atoms with E-state index in [1.165, 1.54) is 29.1 Å². The molecule has 0 aromatic carbocycles. The molecule has 0 spiro atoms. The lowest BCUT2D eigenvalue weighted by molar-refractivity contribution is 0.102. The number of carbonyl (C=O) groups is 1. The number of fused-ring (bicyclic) bond motifs is 1. The first-order valence-corrected chi connectivity index (χ1v) is 9.26. The van der Waals surface area contributed by atoms with Crippen LogP contribution in [-0.4, -0.2) is 16.1 Å². The minimum Gasteiger partial charge on any atom is -0.312 e. The van der Waals surface area contributed by atoms with Crippen molar-refractivity contribution in [1.29, 1.82) is 5.26 Å². The maximum Gasteiger partial charge on any atom is 0.277 e.